The maximum atomic E-state index is 15.1. The Morgan fingerprint density at radius 1 is 1.08 bits per heavy atom. The first kappa shape index (κ1) is 35.0. The van der Waals surface area contributed by atoms with Crippen molar-refractivity contribution in [1.82, 2.24) is 14.8 Å². The molecule has 3 aromatic carbocycles. The number of amidine groups is 1. The lowest BCUT2D eigenvalue weighted by Crippen LogP contribution is -2.31. The highest BCUT2D eigenvalue weighted by Crippen LogP contribution is 2.36. The summed E-state index contributed by atoms with van der Waals surface area (Å²) >= 11 is 0.819. The van der Waals surface area contributed by atoms with Crippen molar-refractivity contribution < 1.29 is 49.3 Å². The number of nitrogens with one attached hydrogen (secondary N) is 1. The van der Waals surface area contributed by atoms with Gasteiger partial charge in [0.25, 0.3) is 0 Å². The molecule has 0 bridgehead atoms. The molecule has 0 aliphatic carbocycles. The zero-order chi connectivity index (χ0) is 35.5. The van der Waals surface area contributed by atoms with Crippen molar-refractivity contribution in [3.8, 4) is 28.9 Å². The molecule has 1 saturated heterocycles. The summed E-state index contributed by atoms with van der Waals surface area (Å²) in [6, 6.07) is 12.5. The molecule has 2 heterocycles. The lowest BCUT2D eigenvalue weighted by molar-refractivity contribution is -0.139. The van der Waals surface area contributed by atoms with E-state index in [2.05, 4.69) is 20.4 Å². The van der Waals surface area contributed by atoms with E-state index in [-0.39, 0.29) is 50.7 Å². The average molecular weight is 726 g/mol. The number of halogens is 7. The van der Waals surface area contributed by atoms with Crippen LogP contribution in [0.4, 0.5) is 46.9 Å². The molecule has 1 fully saturated rings. The second-order valence-corrected chi connectivity index (χ2v) is 12.2. The molecule has 20 heteroatoms. The Bertz CT molecular complexity index is 2010. The van der Waals surface area contributed by atoms with Crippen LogP contribution >= 0.6 is 11.8 Å². The van der Waals surface area contributed by atoms with Crippen molar-refractivity contribution in [3.63, 3.8) is 0 Å². The minimum atomic E-state index is -4.92. The summed E-state index contributed by atoms with van der Waals surface area (Å²) in [6.45, 7) is -0.781. The summed E-state index contributed by atoms with van der Waals surface area (Å²) < 4.78 is 109. The van der Waals surface area contributed by atoms with Crippen molar-refractivity contribution in [2.45, 2.75) is 23.0 Å². The van der Waals surface area contributed by atoms with Gasteiger partial charge in [-0.15, -0.1) is 5.10 Å². The maximum Gasteiger partial charge on any atom is 0.475 e. The van der Waals surface area contributed by atoms with E-state index in [0.29, 0.717) is 0 Å². The topological polar surface area (TPSA) is 143 Å². The van der Waals surface area contributed by atoms with Gasteiger partial charge in [0.15, 0.2) is 21.8 Å². The van der Waals surface area contributed by atoms with Crippen molar-refractivity contribution in [2.24, 2.45) is 4.99 Å². The molecule has 1 unspecified atom stereocenters. The molecule has 1 aliphatic heterocycles. The number of urea groups is 1. The normalized spacial score (nSPS) is 14.9. The van der Waals surface area contributed by atoms with Crippen LogP contribution in [0.25, 0.3) is 17.1 Å². The Morgan fingerprint density at radius 3 is 2.47 bits per heavy atom. The number of alkyl halides is 6. The average Bonchev–Trinajstić information content (AvgIpc) is 3.68. The van der Waals surface area contributed by atoms with Gasteiger partial charge in [-0.2, -0.15) is 36.6 Å². The highest BCUT2D eigenvalue weighted by atomic mass is 32.2. The van der Waals surface area contributed by atoms with E-state index in [4.69, 9.17) is 4.74 Å². The van der Waals surface area contributed by atoms with Gasteiger partial charge in [-0.1, -0.05) is 11.8 Å². The summed E-state index contributed by atoms with van der Waals surface area (Å²) in [6.07, 6.45) is -4.57. The fourth-order valence-corrected chi connectivity index (χ4v) is 5.71. The minimum Gasteiger partial charge on any atom is -0.491 e. The van der Waals surface area contributed by atoms with Gasteiger partial charge in [-0.05, 0) is 60.7 Å². The van der Waals surface area contributed by atoms with Crippen LogP contribution in [0.5, 0.6) is 5.75 Å². The molecule has 1 atom stereocenters. The number of aromatic nitrogens is 3. The number of anilines is 2. The van der Waals surface area contributed by atoms with Crippen molar-refractivity contribution in [1.29, 1.82) is 5.26 Å². The molecular weight excluding hydrogens is 707 g/mol. The van der Waals surface area contributed by atoms with E-state index in [1.165, 1.54) is 53.5 Å². The number of amides is 3. The van der Waals surface area contributed by atoms with Gasteiger partial charge in [-0.3, -0.25) is 9.69 Å². The molecule has 1 aromatic heterocycles. The van der Waals surface area contributed by atoms with Gasteiger partial charge in [0, 0.05) is 10.5 Å². The first-order chi connectivity index (χ1) is 23.1. The Hall–Kier alpha value is -5.29. The SMILES string of the molecule is N#Cc1ccc(OCCC(F)(F)F)c(N2C(=O)CSC2=NC(=O)Nc2ccc(-c3ncn(-c4ccc(S(=O)C(F)(F)F)cc4)n3)cc2F)c1. The Kier molecular flexibility index (Phi) is 10.0. The lowest BCUT2D eigenvalue weighted by Gasteiger charge is -2.20. The van der Waals surface area contributed by atoms with Crippen LogP contribution in [0.3, 0.4) is 0 Å². The van der Waals surface area contributed by atoms with Gasteiger partial charge < -0.3 is 10.1 Å². The van der Waals surface area contributed by atoms with Crippen LogP contribution in [0.2, 0.25) is 0 Å². The number of rotatable bonds is 8. The molecule has 11 nitrogen and oxygen atoms in total. The van der Waals surface area contributed by atoms with E-state index in [9.17, 15) is 45.4 Å². The molecule has 5 rings (SSSR count). The van der Waals surface area contributed by atoms with Crippen LogP contribution in [0.15, 0.2) is 76.9 Å². The first-order valence-electron chi connectivity index (χ1n) is 13.5. The largest absolute Gasteiger partial charge is 0.491 e. The summed E-state index contributed by atoms with van der Waals surface area (Å²) in [5.41, 5.74) is -4.87. The van der Waals surface area contributed by atoms with Gasteiger partial charge in [0.1, 0.15) is 17.9 Å². The highest BCUT2D eigenvalue weighted by Gasteiger charge is 2.38. The fourth-order valence-electron chi connectivity index (χ4n) is 4.20. The summed E-state index contributed by atoms with van der Waals surface area (Å²) in [7, 11) is -3.21. The zero-order valence-electron chi connectivity index (χ0n) is 24.3. The molecule has 0 radical (unpaired) electrons. The Labute approximate surface area is 277 Å². The molecule has 4 aromatic rings. The third kappa shape index (κ3) is 8.42. The number of hydrogen-bond acceptors (Lipinski definition) is 8. The van der Waals surface area contributed by atoms with Gasteiger partial charge in [0.05, 0.1) is 47.5 Å². The van der Waals surface area contributed by atoms with E-state index in [0.717, 1.165) is 34.9 Å². The molecule has 0 spiro atoms. The lowest BCUT2D eigenvalue weighted by atomic mass is 10.2. The van der Waals surface area contributed by atoms with Crippen LogP contribution < -0.4 is 15.0 Å². The third-order valence-electron chi connectivity index (χ3n) is 6.42. The molecule has 1 N–H and O–H groups in total. The van der Waals surface area contributed by atoms with Crippen molar-refractivity contribution in [3.05, 3.63) is 78.4 Å². The number of aliphatic imine (C=N–C) groups is 1. The summed E-state index contributed by atoms with van der Waals surface area (Å²) in [5, 5.41) is 15.5. The maximum absolute atomic E-state index is 15.1. The van der Waals surface area contributed by atoms with E-state index < -0.39 is 58.2 Å². The molecule has 3 amide bonds. The molecular formula is C29H18F7N7O4S2. The van der Waals surface area contributed by atoms with E-state index in [1.807, 2.05) is 6.07 Å². The Balaban J connectivity index is 1.31. The predicted molar refractivity (Wildman–Crippen MR) is 163 cm³/mol. The minimum absolute atomic E-state index is 0.0179. The van der Waals surface area contributed by atoms with Gasteiger partial charge in [-0.25, -0.2) is 23.1 Å². The number of ether oxygens (including phenoxy) is 1. The van der Waals surface area contributed by atoms with Gasteiger partial charge in [0.2, 0.25) is 5.91 Å². The number of hydrogen-bond donors (Lipinski definition) is 1. The number of nitriles is 1. The van der Waals surface area contributed by atoms with Crippen LogP contribution in [0.1, 0.15) is 12.0 Å². The fraction of sp³-hybridized carbons (Fsp3) is 0.172. The van der Waals surface area contributed by atoms with Crippen LogP contribution in [0, 0.1) is 17.1 Å². The van der Waals surface area contributed by atoms with E-state index >= 15 is 4.39 Å². The zero-order valence-corrected chi connectivity index (χ0v) is 25.9. The number of carbonyl (C=O) groups is 2. The predicted octanol–water partition coefficient (Wildman–Crippen LogP) is 6.57. The standard InChI is InChI=1S/C29H18F7N7O4S2/c30-20-12-17(25-38-15-42(41-25)18-3-5-19(6-4-18)49(46)29(34,35)36)2-7-21(20)39-26(45)40-27-43(24(44)14-48-27)22-11-16(13-37)1-8-23(22)47-10-9-28(31,32)33/h1-8,11-12,15H,9-10,14H2,(H,39,45). The summed E-state index contributed by atoms with van der Waals surface area (Å²) in [5.74, 6) is -1.90. The molecule has 0 saturated carbocycles. The highest BCUT2D eigenvalue weighted by molar-refractivity contribution is 8.15. The second-order valence-electron chi connectivity index (χ2n) is 9.77. The molecule has 1 aliphatic rings. The van der Waals surface area contributed by atoms with Crippen molar-refractivity contribution >= 4 is 51.0 Å². The summed E-state index contributed by atoms with van der Waals surface area (Å²) in [4.78, 5) is 33.9. The van der Waals surface area contributed by atoms with Gasteiger partial charge >= 0.3 is 17.7 Å². The molecule has 49 heavy (non-hydrogen) atoms. The quantitative estimate of drug-likeness (QED) is 0.201. The number of nitrogens with zero attached hydrogens (tertiary/aromatic N) is 6. The third-order valence-corrected chi connectivity index (χ3v) is 8.47. The smallest absolute Gasteiger partial charge is 0.475 e. The van der Waals surface area contributed by atoms with Crippen molar-refractivity contribution in [2.75, 3.05) is 22.6 Å². The monoisotopic (exact) mass is 725 g/mol. The number of thioether (sulfide) groups is 1. The van der Waals surface area contributed by atoms with Crippen LogP contribution in [-0.4, -0.2) is 60.1 Å². The first-order valence-corrected chi connectivity index (χ1v) is 15.7. The second kappa shape index (κ2) is 14.1. The van der Waals surface area contributed by atoms with E-state index in [1.54, 1.807) is 0 Å². The number of carbonyl (C=O) groups excluding carboxylic acids is 2. The Morgan fingerprint density at radius 2 is 1.82 bits per heavy atom. The number of benzene rings is 3. The van der Waals surface area contributed by atoms with Crippen LogP contribution in [-0.2, 0) is 15.6 Å². The molecule has 254 valence electrons.